The lowest BCUT2D eigenvalue weighted by Crippen LogP contribution is -2.31. The number of imide groups is 1. The Balaban J connectivity index is 1.45. The number of carbonyl (C=O) groups excluding carboxylic acids is 2. The lowest BCUT2D eigenvalue weighted by atomic mass is 10.1. The number of thioether (sulfide) groups is 1. The van der Waals surface area contributed by atoms with Gasteiger partial charge in [-0.2, -0.15) is 0 Å². The van der Waals surface area contributed by atoms with E-state index in [9.17, 15) is 9.59 Å². The summed E-state index contributed by atoms with van der Waals surface area (Å²) < 4.78 is 12.3. The molecule has 1 heterocycles. The minimum absolute atomic E-state index is 0.195. The van der Waals surface area contributed by atoms with Crippen LogP contribution in [0.2, 0.25) is 5.02 Å². The Labute approximate surface area is 216 Å². The van der Waals surface area contributed by atoms with Gasteiger partial charge in [0.25, 0.3) is 5.24 Å². The Kier molecular flexibility index (Phi) is 7.86. The fourth-order valence-electron chi connectivity index (χ4n) is 3.63. The molecule has 1 atom stereocenters. The molecule has 4 rings (SSSR count). The fraction of sp³-hybridized carbons (Fsp3) is 0.231. The van der Waals surface area contributed by atoms with Crippen molar-refractivity contribution in [2.75, 3.05) is 7.11 Å². The first-order valence-electron chi connectivity index (χ1n) is 10.6. The number of benzene rings is 3. The zero-order chi connectivity index (χ0) is 24.2. The van der Waals surface area contributed by atoms with Gasteiger partial charge in [-0.1, -0.05) is 65.3 Å². The van der Waals surface area contributed by atoms with E-state index >= 15 is 0 Å². The number of hydrogen-bond donors (Lipinski definition) is 0. The van der Waals surface area contributed by atoms with Crippen molar-refractivity contribution >= 4 is 50.4 Å². The Hall–Kier alpha value is -2.48. The molecule has 176 valence electrons. The van der Waals surface area contributed by atoms with Crippen LogP contribution >= 0.6 is 39.3 Å². The van der Waals surface area contributed by atoms with E-state index in [1.54, 1.807) is 19.2 Å². The lowest BCUT2D eigenvalue weighted by Gasteiger charge is -2.16. The largest absolute Gasteiger partial charge is 0.493 e. The minimum atomic E-state index is -0.490. The molecule has 0 unspecified atom stereocenters. The summed E-state index contributed by atoms with van der Waals surface area (Å²) in [6.45, 7) is 2.68. The average Bonchev–Trinajstić information content (AvgIpc) is 3.07. The first kappa shape index (κ1) is 24.6. The summed E-state index contributed by atoms with van der Waals surface area (Å²) in [6, 6.07) is 19.0. The highest BCUT2D eigenvalue weighted by molar-refractivity contribution is 9.10. The van der Waals surface area contributed by atoms with Crippen LogP contribution in [0.15, 0.2) is 65.1 Å². The Morgan fingerprint density at radius 1 is 1.00 bits per heavy atom. The van der Waals surface area contributed by atoms with Gasteiger partial charge in [-0.3, -0.25) is 14.5 Å². The third kappa shape index (κ3) is 5.77. The molecule has 5 nitrogen and oxygen atoms in total. The number of hydrogen-bond acceptors (Lipinski definition) is 5. The van der Waals surface area contributed by atoms with Crippen molar-refractivity contribution in [3.05, 3.63) is 92.4 Å². The molecule has 0 radical (unpaired) electrons. The summed E-state index contributed by atoms with van der Waals surface area (Å²) >= 11 is 10.6. The zero-order valence-corrected chi connectivity index (χ0v) is 21.9. The third-order valence-corrected chi connectivity index (χ3v) is 7.39. The Bertz CT molecular complexity index is 1200. The van der Waals surface area contributed by atoms with E-state index in [0.29, 0.717) is 29.5 Å². The van der Waals surface area contributed by atoms with Crippen molar-refractivity contribution in [1.29, 1.82) is 0 Å². The van der Waals surface area contributed by atoms with Gasteiger partial charge in [-0.05, 0) is 70.2 Å². The van der Waals surface area contributed by atoms with Crippen LogP contribution in [0.3, 0.4) is 0 Å². The Morgan fingerprint density at radius 2 is 1.68 bits per heavy atom. The highest BCUT2D eigenvalue weighted by atomic mass is 79.9. The number of methoxy groups -OCH3 is 1. The summed E-state index contributed by atoms with van der Waals surface area (Å²) in [5.41, 5.74) is 3.97. The lowest BCUT2D eigenvalue weighted by molar-refractivity contribution is -0.127. The summed E-state index contributed by atoms with van der Waals surface area (Å²) in [7, 11) is 1.58. The molecule has 8 heteroatoms. The van der Waals surface area contributed by atoms with E-state index in [-0.39, 0.29) is 17.7 Å². The number of halogens is 2. The summed E-state index contributed by atoms with van der Waals surface area (Å²) in [5, 5.41) is -0.120. The molecule has 0 saturated carbocycles. The van der Waals surface area contributed by atoms with Crippen LogP contribution in [0.4, 0.5) is 4.79 Å². The van der Waals surface area contributed by atoms with Gasteiger partial charge in [0.1, 0.15) is 6.61 Å². The number of amides is 2. The molecule has 0 aliphatic carbocycles. The molecule has 1 aliphatic heterocycles. The first-order valence-corrected chi connectivity index (χ1v) is 12.7. The summed E-state index contributed by atoms with van der Waals surface area (Å²) in [6.07, 6.45) is 0.402. The van der Waals surface area contributed by atoms with Crippen molar-refractivity contribution in [2.45, 2.75) is 31.7 Å². The second-order valence-corrected chi connectivity index (χ2v) is 10.5. The standard InChI is InChI=1S/C26H23BrClNO4S/c1-16-3-5-18(6-4-16)15-33-24-21(27)11-19(12-22(24)32-2)13-23-25(30)29(26(31)34-23)14-17-7-9-20(28)10-8-17/h3-12,23H,13-15H2,1-2H3/t23-/m0/s1. The average molecular weight is 561 g/mol. The van der Waals surface area contributed by atoms with Gasteiger partial charge in [0, 0.05) is 5.02 Å². The van der Waals surface area contributed by atoms with Gasteiger partial charge in [0.2, 0.25) is 5.91 Å². The van der Waals surface area contributed by atoms with Crippen molar-refractivity contribution in [2.24, 2.45) is 0 Å². The SMILES string of the molecule is COc1cc(C[C@@H]2SC(=O)N(Cc3ccc(Cl)cc3)C2=O)cc(Br)c1OCc1ccc(C)cc1. The van der Waals surface area contributed by atoms with E-state index < -0.39 is 5.25 Å². The second-order valence-electron chi connectivity index (χ2n) is 8.01. The van der Waals surface area contributed by atoms with Crippen molar-refractivity contribution in [3.63, 3.8) is 0 Å². The molecule has 0 spiro atoms. The van der Waals surface area contributed by atoms with Crippen LogP contribution in [0.1, 0.15) is 22.3 Å². The molecular weight excluding hydrogens is 538 g/mol. The number of nitrogens with zero attached hydrogens (tertiary/aromatic N) is 1. The molecular formula is C26H23BrClNO4S. The van der Waals surface area contributed by atoms with Crippen LogP contribution in [-0.2, 0) is 24.4 Å². The van der Waals surface area contributed by atoms with Crippen LogP contribution < -0.4 is 9.47 Å². The fourth-order valence-corrected chi connectivity index (χ4v) is 5.39. The predicted molar refractivity (Wildman–Crippen MR) is 139 cm³/mol. The monoisotopic (exact) mass is 559 g/mol. The topological polar surface area (TPSA) is 55.8 Å². The minimum Gasteiger partial charge on any atom is -0.493 e. The Morgan fingerprint density at radius 3 is 2.35 bits per heavy atom. The van der Waals surface area contributed by atoms with E-state index in [1.165, 1.54) is 10.5 Å². The van der Waals surface area contributed by atoms with Gasteiger partial charge < -0.3 is 9.47 Å². The van der Waals surface area contributed by atoms with Crippen molar-refractivity contribution in [3.8, 4) is 11.5 Å². The first-order chi connectivity index (χ1) is 16.3. The van der Waals surface area contributed by atoms with Crippen molar-refractivity contribution in [1.82, 2.24) is 4.90 Å². The molecule has 1 saturated heterocycles. The third-order valence-electron chi connectivity index (χ3n) is 5.47. The van der Waals surface area contributed by atoms with E-state index in [2.05, 4.69) is 15.9 Å². The van der Waals surface area contributed by atoms with Gasteiger partial charge in [-0.25, -0.2) is 0 Å². The molecule has 0 bridgehead atoms. The normalized spacial score (nSPS) is 15.6. The smallest absolute Gasteiger partial charge is 0.289 e. The highest BCUT2D eigenvalue weighted by Gasteiger charge is 2.39. The van der Waals surface area contributed by atoms with E-state index in [4.69, 9.17) is 21.1 Å². The van der Waals surface area contributed by atoms with Crippen LogP contribution in [0.25, 0.3) is 0 Å². The quantitative estimate of drug-likeness (QED) is 0.303. The van der Waals surface area contributed by atoms with Gasteiger partial charge in [0.05, 0.1) is 23.4 Å². The van der Waals surface area contributed by atoms with Gasteiger partial charge in [-0.15, -0.1) is 0 Å². The second kappa shape index (κ2) is 10.8. The zero-order valence-electron chi connectivity index (χ0n) is 18.7. The van der Waals surface area contributed by atoms with Crippen LogP contribution in [-0.4, -0.2) is 28.4 Å². The summed E-state index contributed by atoms with van der Waals surface area (Å²) in [5.74, 6) is 0.966. The number of carbonyl (C=O) groups is 2. The molecule has 0 N–H and O–H groups in total. The molecule has 3 aromatic rings. The number of ether oxygens (including phenoxy) is 2. The maximum Gasteiger partial charge on any atom is 0.289 e. The highest BCUT2D eigenvalue weighted by Crippen LogP contribution is 2.39. The van der Waals surface area contributed by atoms with Gasteiger partial charge in [0.15, 0.2) is 11.5 Å². The predicted octanol–water partition coefficient (Wildman–Crippen LogP) is 6.81. The van der Waals surface area contributed by atoms with Gasteiger partial charge >= 0.3 is 0 Å². The van der Waals surface area contributed by atoms with E-state index in [0.717, 1.165) is 32.9 Å². The molecule has 3 aromatic carbocycles. The maximum absolute atomic E-state index is 13.0. The summed E-state index contributed by atoms with van der Waals surface area (Å²) in [4.78, 5) is 26.8. The number of rotatable bonds is 8. The number of aryl methyl sites for hydroxylation is 1. The van der Waals surface area contributed by atoms with E-state index in [1.807, 2.05) is 55.5 Å². The maximum atomic E-state index is 13.0. The molecule has 1 aliphatic rings. The molecule has 34 heavy (non-hydrogen) atoms. The van der Waals surface area contributed by atoms with Crippen LogP contribution in [0, 0.1) is 6.92 Å². The molecule has 2 amide bonds. The van der Waals surface area contributed by atoms with Crippen LogP contribution in [0.5, 0.6) is 11.5 Å². The molecule has 0 aromatic heterocycles. The molecule has 1 fully saturated rings. The van der Waals surface area contributed by atoms with Crippen molar-refractivity contribution < 1.29 is 19.1 Å².